The SMILES string of the molecule is CCc1sc(-c2cnccn2)nc1-c1ccc(NC(C)=O)cc1. The Hall–Kier alpha value is -2.60. The maximum atomic E-state index is 11.1. The summed E-state index contributed by atoms with van der Waals surface area (Å²) in [5.41, 5.74) is 3.56. The second-order valence-corrected chi connectivity index (χ2v) is 6.08. The summed E-state index contributed by atoms with van der Waals surface area (Å²) in [6, 6.07) is 7.72. The molecule has 0 aliphatic carbocycles. The van der Waals surface area contributed by atoms with E-state index in [-0.39, 0.29) is 5.91 Å². The van der Waals surface area contributed by atoms with Crippen LogP contribution in [0.4, 0.5) is 5.69 Å². The fourth-order valence-corrected chi connectivity index (χ4v) is 3.24. The number of hydrogen-bond donors (Lipinski definition) is 1. The van der Waals surface area contributed by atoms with Gasteiger partial charge in [-0.05, 0) is 18.6 Å². The Morgan fingerprint density at radius 1 is 1.22 bits per heavy atom. The van der Waals surface area contributed by atoms with Crippen molar-refractivity contribution in [1.82, 2.24) is 15.0 Å². The van der Waals surface area contributed by atoms with Crippen molar-refractivity contribution in [2.24, 2.45) is 0 Å². The molecule has 0 spiro atoms. The lowest BCUT2D eigenvalue weighted by Gasteiger charge is -2.04. The van der Waals surface area contributed by atoms with Crippen molar-refractivity contribution in [1.29, 1.82) is 0 Å². The van der Waals surface area contributed by atoms with Crippen molar-refractivity contribution < 1.29 is 4.79 Å². The monoisotopic (exact) mass is 324 g/mol. The quantitative estimate of drug-likeness (QED) is 0.793. The molecule has 1 aromatic carbocycles. The number of hydrogen-bond acceptors (Lipinski definition) is 5. The molecule has 2 heterocycles. The van der Waals surface area contributed by atoms with E-state index in [0.717, 1.165) is 34.1 Å². The van der Waals surface area contributed by atoms with Crippen molar-refractivity contribution in [3.8, 4) is 22.0 Å². The van der Waals surface area contributed by atoms with Crippen LogP contribution in [0.5, 0.6) is 0 Å². The van der Waals surface area contributed by atoms with Gasteiger partial charge in [0.05, 0.1) is 11.9 Å². The van der Waals surface area contributed by atoms with Crippen LogP contribution in [-0.4, -0.2) is 20.9 Å². The molecule has 3 aromatic rings. The van der Waals surface area contributed by atoms with Crippen LogP contribution >= 0.6 is 11.3 Å². The first-order valence-electron chi connectivity index (χ1n) is 7.31. The van der Waals surface area contributed by atoms with Crippen LogP contribution in [0.2, 0.25) is 0 Å². The van der Waals surface area contributed by atoms with Gasteiger partial charge in [0.2, 0.25) is 5.91 Å². The molecule has 116 valence electrons. The predicted octanol–water partition coefficient (Wildman–Crippen LogP) is 3.79. The molecule has 0 saturated heterocycles. The molecule has 6 heteroatoms. The number of nitrogens with zero attached hydrogens (tertiary/aromatic N) is 3. The van der Waals surface area contributed by atoms with E-state index in [1.807, 2.05) is 24.3 Å². The summed E-state index contributed by atoms with van der Waals surface area (Å²) in [5, 5.41) is 3.64. The van der Waals surface area contributed by atoms with Gasteiger partial charge in [0.15, 0.2) is 0 Å². The number of carbonyl (C=O) groups excluding carboxylic acids is 1. The summed E-state index contributed by atoms with van der Waals surface area (Å²) in [4.78, 5) is 25.5. The lowest BCUT2D eigenvalue weighted by molar-refractivity contribution is -0.114. The average molecular weight is 324 g/mol. The van der Waals surface area contributed by atoms with Crippen LogP contribution in [-0.2, 0) is 11.2 Å². The highest BCUT2D eigenvalue weighted by atomic mass is 32.1. The van der Waals surface area contributed by atoms with Crippen molar-refractivity contribution in [2.75, 3.05) is 5.32 Å². The fraction of sp³-hybridized carbons (Fsp3) is 0.176. The van der Waals surface area contributed by atoms with Crippen molar-refractivity contribution >= 4 is 22.9 Å². The third kappa shape index (κ3) is 3.43. The van der Waals surface area contributed by atoms with Gasteiger partial charge < -0.3 is 5.32 Å². The first-order chi connectivity index (χ1) is 11.2. The highest BCUT2D eigenvalue weighted by Crippen LogP contribution is 2.33. The zero-order valence-corrected chi connectivity index (χ0v) is 13.7. The summed E-state index contributed by atoms with van der Waals surface area (Å²) in [6.07, 6.45) is 5.95. The fourth-order valence-electron chi connectivity index (χ4n) is 2.25. The van der Waals surface area contributed by atoms with Crippen LogP contribution in [0.3, 0.4) is 0 Å². The van der Waals surface area contributed by atoms with Gasteiger partial charge in [0, 0.05) is 35.4 Å². The van der Waals surface area contributed by atoms with Gasteiger partial charge in [-0.3, -0.25) is 14.8 Å². The minimum atomic E-state index is -0.0782. The van der Waals surface area contributed by atoms with Gasteiger partial charge in [0.1, 0.15) is 10.7 Å². The zero-order chi connectivity index (χ0) is 16.2. The number of anilines is 1. The third-order valence-electron chi connectivity index (χ3n) is 3.28. The third-order valence-corrected chi connectivity index (χ3v) is 4.50. The lowest BCUT2D eigenvalue weighted by atomic mass is 10.1. The van der Waals surface area contributed by atoms with Crippen LogP contribution in [0, 0.1) is 0 Å². The summed E-state index contributed by atoms with van der Waals surface area (Å²) in [6.45, 7) is 3.61. The number of carbonyl (C=O) groups is 1. The van der Waals surface area contributed by atoms with E-state index in [4.69, 9.17) is 4.98 Å². The largest absolute Gasteiger partial charge is 0.326 e. The van der Waals surface area contributed by atoms with Crippen LogP contribution in [0.25, 0.3) is 22.0 Å². The van der Waals surface area contributed by atoms with E-state index in [1.54, 1.807) is 29.9 Å². The molecule has 0 fully saturated rings. The first-order valence-corrected chi connectivity index (χ1v) is 8.13. The van der Waals surface area contributed by atoms with Crippen LogP contribution in [0.15, 0.2) is 42.9 Å². The maximum Gasteiger partial charge on any atom is 0.221 e. The van der Waals surface area contributed by atoms with Gasteiger partial charge in [-0.25, -0.2) is 4.98 Å². The number of aromatic nitrogens is 3. The Labute approximate surface area is 138 Å². The number of nitrogens with one attached hydrogen (secondary N) is 1. The Morgan fingerprint density at radius 3 is 2.61 bits per heavy atom. The van der Waals surface area contributed by atoms with E-state index >= 15 is 0 Å². The second kappa shape index (κ2) is 6.66. The number of aryl methyl sites for hydroxylation is 1. The summed E-state index contributed by atoms with van der Waals surface area (Å²) in [5.74, 6) is -0.0782. The maximum absolute atomic E-state index is 11.1. The molecule has 0 radical (unpaired) electrons. The zero-order valence-electron chi connectivity index (χ0n) is 12.9. The summed E-state index contributed by atoms with van der Waals surface area (Å²) >= 11 is 1.64. The first kappa shape index (κ1) is 15.3. The summed E-state index contributed by atoms with van der Waals surface area (Å²) < 4.78 is 0. The van der Waals surface area contributed by atoms with Crippen molar-refractivity contribution in [3.05, 3.63) is 47.7 Å². The van der Waals surface area contributed by atoms with E-state index in [0.29, 0.717) is 0 Å². The Morgan fingerprint density at radius 2 is 2.00 bits per heavy atom. The van der Waals surface area contributed by atoms with Gasteiger partial charge in [-0.15, -0.1) is 11.3 Å². The smallest absolute Gasteiger partial charge is 0.221 e. The minimum absolute atomic E-state index is 0.0782. The van der Waals surface area contributed by atoms with E-state index in [2.05, 4.69) is 22.2 Å². The molecule has 2 aromatic heterocycles. The van der Waals surface area contributed by atoms with Crippen LogP contribution < -0.4 is 5.32 Å². The Balaban J connectivity index is 1.96. The van der Waals surface area contributed by atoms with Crippen LogP contribution in [0.1, 0.15) is 18.7 Å². The molecular formula is C17H16N4OS. The minimum Gasteiger partial charge on any atom is -0.326 e. The molecular weight excluding hydrogens is 308 g/mol. The molecule has 0 aliphatic heterocycles. The average Bonchev–Trinajstić information content (AvgIpc) is 3.00. The number of thiazole rings is 1. The molecule has 0 unspecified atom stereocenters. The van der Waals surface area contributed by atoms with Gasteiger partial charge in [0.25, 0.3) is 0 Å². The van der Waals surface area contributed by atoms with E-state index < -0.39 is 0 Å². The lowest BCUT2D eigenvalue weighted by Crippen LogP contribution is -2.05. The number of benzene rings is 1. The topological polar surface area (TPSA) is 67.8 Å². The Bertz CT molecular complexity index is 812. The molecule has 1 N–H and O–H groups in total. The number of rotatable bonds is 4. The molecule has 0 atom stereocenters. The Kier molecular flexibility index (Phi) is 4.43. The summed E-state index contributed by atoms with van der Waals surface area (Å²) in [7, 11) is 0. The van der Waals surface area contributed by atoms with Gasteiger partial charge in [-0.1, -0.05) is 19.1 Å². The highest BCUT2D eigenvalue weighted by Gasteiger charge is 2.14. The predicted molar refractivity (Wildman–Crippen MR) is 92.3 cm³/mol. The van der Waals surface area contributed by atoms with Crippen molar-refractivity contribution in [3.63, 3.8) is 0 Å². The van der Waals surface area contributed by atoms with E-state index in [1.165, 1.54) is 11.8 Å². The van der Waals surface area contributed by atoms with Gasteiger partial charge in [-0.2, -0.15) is 0 Å². The molecule has 0 aliphatic rings. The molecule has 23 heavy (non-hydrogen) atoms. The number of amides is 1. The van der Waals surface area contributed by atoms with Crippen molar-refractivity contribution in [2.45, 2.75) is 20.3 Å². The highest BCUT2D eigenvalue weighted by molar-refractivity contribution is 7.15. The molecule has 0 saturated carbocycles. The second-order valence-electron chi connectivity index (χ2n) is 4.99. The standard InChI is InChI=1S/C17H16N4OS/c1-3-15-16(12-4-6-13(7-5-12)20-11(2)22)21-17(23-15)14-10-18-8-9-19-14/h4-10H,3H2,1-2H3,(H,20,22). The van der Waals surface area contributed by atoms with Gasteiger partial charge >= 0.3 is 0 Å². The molecule has 3 rings (SSSR count). The molecule has 0 bridgehead atoms. The van der Waals surface area contributed by atoms with E-state index in [9.17, 15) is 4.79 Å². The normalized spacial score (nSPS) is 10.5. The molecule has 5 nitrogen and oxygen atoms in total. The molecule has 1 amide bonds.